The molecule has 0 bridgehead atoms. The van der Waals surface area contributed by atoms with Crippen molar-refractivity contribution in [1.29, 1.82) is 0 Å². The van der Waals surface area contributed by atoms with Crippen LogP contribution in [-0.2, 0) is 6.61 Å². The summed E-state index contributed by atoms with van der Waals surface area (Å²) in [6, 6.07) is 11.5. The molecule has 3 nitrogen and oxygen atoms in total. The Labute approximate surface area is 228 Å². The number of ether oxygens (including phenoxy) is 1. The summed E-state index contributed by atoms with van der Waals surface area (Å²) in [6.07, 6.45) is 9.98. The molecule has 1 heterocycles. The Morgan fingerprint density at radius 2 is 1.77 bits per heavy atom. The van der Waals surface area contributed by atoms with Crippen LogP contribution < -0.4 is 4.74 Å². The normalized spacial score (nSPS) is 21.5. The number of nitrogens with zero attached hydrogens (tertiary/aromatic N) is 1. The second-order valence-electron chi connectivity index (χ2n) is 9.52. The molecule has 180 valence electrons. The van der Waals surface area contributed by atoms with Crippen molar-refractivity contribution in [1.82, 2.24) is 5.16 Å². The first-order valence-electron chi connectivity index (χ1n) is 11.9. The molecule has 0 aliphatic heterocycles. The minimum atomic E-state index is 0.308. The monoisotopic (exact) mass is 589 g/mol. The second-order valence-corrected chi connectivity index (χ2v) is 11.8. The van der Waals surface area contributed by atoms with Crippen LogP contribution in [0.3, 0.4) is 0 Å². The highest BCUT2D eigenvalue weighted by Crippen LogP contribution is 2.55. The molecule has 2 saturated carbocycles. The maximum atomic E-state index is 6.73. The van der Waals surface area contributed by atoms with Crippen LogP contribution in [0.15, 0.2) is 63.1 Å². The van der Waals surface area contributed by atoms with Crippen molar-refractivity contribution in [2.75, 3.05) is 0 Å². The number of hydrogen-bond acceptors (Lipinski definition) is 3. The van der Waals surface area contributed by atoms with Gasteiger partial charge in [0, 0.05) is 16.5 Å². The fourth-order valence-corrected chi connectivity index (χ4v) is 6.21. The van der Waals surface area contributed by atoms with Crippen LogP contribution in [0.25, 0.3) is 11.3 Å². The van der Waals surface area contributed by atoms with Gasteiger partial charge in [0.15, 0.2) is 0 Å². The lowest BCUT2D eigenvalue weighted by atomic mass is 9.97. The molecule has 2 fully saturated rings. The van der Waals surface area contributed by atoms with Crippen LogP contribution in [-0.4, -0.2) is 5.16 Å². The number of aromatic nitrogens is 1. The maximum Gasteiger partial charge on any atom is 0.147 e. The molecule has 6 rings (SSSR count). The molecule has 0 N–H and O–H groups in total. The fourth-order valence-electron chi connectivity index (χ4n) is 4.99. The Morgan fingerprint density at radius 1 is 0.971 bits per heavy atom. The summed E-state index contributed by atoms with van der Waals surface area (Å²) < 4.78 is 13.2. The van der Waals surface area contributed by atoms with Crippen molar-refractivity contribution in [2.45, 2.75) is 50.5 Å². The first-order valence-corrected chi connectivity index (χ1v) is 13.8. The largest absolute Gasteiger partial charge is 0.489 e. The van der Waals surface area contributed by atoms with Crippen LogP contribution in [0.2, 0.25) is 15.1 Å². The molecule has 2 unspecified atom stereocenters. The molecule has 2 aromatic carbocycles. The predicted molar refractivity (Wildman–Crippen MR) is 145 cm³/mol. The van der Waals surface area contributed by atoms with Crippen molar-refractivity contribution in [3.63, 3.8) is 0 Å². The van der Waals surface area contributed by atoms with Gasteiger partial charge in [-0.25, -0.2) is 0 Å². The Hall–Kier alpha value is -1.72. The molecule has 0 amide bonds. The molecule has 3 aliphatic carbocycles. The molecule has 35 heavy (non-hydrogen) atoms. The highest BCUT2D eigenvalue weighted by atomic mass is 79.9. The van der Waals surface area contributed by atoms with Crippen molar-refractivity contribution >= 4 is 50.7 Å². The third-order valence-electron chi connectivity index (χ3n) is 7.12. The van der Waals surface area contributed by atoms with Crippen molar-refractivity contribution < 1.29 is 9.26 Å². The summed E-state index contributed by atoms with van der Waals surface area (Å²) >= 11 is 23.3. The Kier molecular flexibility index (Phi) is 6.51. The SMILES string of the molecule is Clc1cc(OCc2c(-c3c(Cl)cccc3Cl)noc2C2CC2)ccc1C1CC1C1=CC=C(Br)CC1. The molecule has 0 radical (unpaired) electrons. The van der Waals surface area contributed by atoms with Crippen molar-refractivity contribution in [3.8, 4) is 17.0 Å². The molecule has 1 aromatic heterocycles. The van der Waals surface area contributed by atoms with E-state index in [0.717, 1.165) is 54.2 Å². The molecule has 7 heteroatoms. The van der Waals surface area contributed by atoms with Gasteiger partial charge in [0.2, 0.25) is 0 Å². The first kappa shape index (κ1) is 23.7. The summed E-state index contributed by atoms with van der Waals surface area (Å²) in [6.45, 7) is 0.308. The number of benzene rings is 2. The highest BCUT2D eigenvalue weighted by molar-refractivity contribution is 9.11. The van der Waals surface area contributed by atoms with E-state index in [9.17, 15) is 0 Å². The predicted octanol–water partition coefficient (Wildman–Crippen LogP) is 9.86. The lowest BCUT2D eigenvalue weighted by Crippen LogP contribution is -2.00. The smallest absolute Gasteiger partial charge is 0.147 e. The molecule has 2 atom stereocenters. The van der Waals surface area contributed by atoms with E-state index in [0.29, 0.717) is 45.7 Å². The van der Waals surface area contributed by atoms with Gasteiger partial charge in [0.05, 0.1) is 15.6 Å². The fraction of sp³-hybridized carbons (Fsp3) is 0.321. The van der Waals surface area contributed by atoms with Crippen LogP contribution in [0, 0.1) is 5.92 Å². The summed E-state index contributed by atoms with van der Waals surface area (Å²) in [5.41, 5.74) is 4.95. The molecular weight excluding hydrogens is 569 g/mol. The van der Waals surface area contributed by atoms with Crippen LogP contribution >= 0.6 is 50.7 Å². The van der Waals surface area contributed by atoms with Gasteiger partial charge in [0.25, 0.3) is 0 Å². The lowest BCUT2D eigenvalue weighted by Gasteiger charge is -2.13. The number of rotatable bonds is 7. The van der Waals surface area contributed by atoms with Crippen LogP contribution in [0.5, 0.6) is 5.75 Å². The van der Waals surface area contributed by atoms with Crippen molar-refractivity contribution in [3.05, 3.63) is 90.6 Å². The zero-order valence-electron chi connectivity index (χ0n) is 18.9. The van der Waals surface area contributed by atoms with E-state index in [2.05, 4.69) is 39.3 Å². The zero-order valence-corrected chi connectivity index (χ0v) is 22.7. The average molecular weight is 592 g/mol. The van der Waals surface area contributed by atoms with Crippen LogP contribution in [0.1, 0.15) is 60.8 Å². The van der Waals surface area contributed by atoms with Crippen LogP contribution in [0.4, 0.5) is 0 Å². The van der Waals surface area contributed by atoms with E-state index in [1.165, 1.54) is 15.6 Å². The topological polar surface area (TPSA) is 35.3 Å². The average Bonchev–Trinajstić information content (AvgIpc) is 3.77. The van der Waals surface area contributed by atoms with Gasteiger partial charge in [-0.2, -0.15) is 0 Å². The summed E-state index contributed by atoms with van der Waals surface area (Å²) in [7, 11) is 0. The summed E-state index contributed by atoms with van der Waals surface area (Å²) in [5.74, 6) is 3.04. The van der Waals surface area contributed by atoms with Gasteiger partial charge in [-0.3, -0.25) is 0 Å². The van der Waals surface area contributed by atoms with Gasteiger partial charge >= 0.3 is 0 Å². The van der Waals surface area contributed by atoms with E-state index in [4.69, 9.17) is 44.1 Å². The molecule has 3 aromatic rings. The summed E-state index contributed by atoms with van der Waals surface area (Å²) in [4.78, 5) is 0. The quantitative estimate of drug-likeness (QED) is 0.274. The Morgan fingerprint density at radius 3 is 2.46 bits per heavy atom. The third kappa shape index (κ3) is 4.83. The molecular formula is C28H23BrCl3NO2. The number of allylic oxidation sites excluding steroid dienone is 4. The van der Waals surface area contributed by atoms with Gasteiger partial charge in [-0.15, -0.1) is 0 Å². The first-order chi connectivity index (χ1) is 17.0. The molecule has 0 spiro atoms. The minimum Gasteiger partial charge on any atom is -0.489 e. The number of halogens is 4. The zero-order chi connectivity index (χ0) is 24.1. The van der Waals surface area contributed by atoms with E-state index in [1.54, 1.807) is 12.1 Å². The second kappa shape index (κ2) is 9.63. The standard InChI is InChI=1S/C28H23BrCl3NO2/c29-17-8-6-15(7-9-17)20-13-21(20)19-11-10-18(12-25(19)32)34-14-22-27(33-35-28(22)16-4-5-16)26-23(30)2-1-3-24(26)31/h1-3,6,8,10-12,16,20-21H,4-5,7,9,13-14H2. The molecule has 3 aliphatic rings. The van der Waals surface area contributed by atoms with Gasteiger partial charge < -0.3 is 9.26 Å². The van der Waals surface area contributed by atoms with Gasteiger partial charge in [-0.05, 0) is 78.3 Å². The van der Waals surface area contributed by atoms with Gasteiger partial charge in [-0.1, -0.05) is 85.7 Å². The summed E-state index contributed by atoms with van der Waals surface area (Å²) in [5, 5.41) is 6.17. The van der Waals surface area contributed by atoms with Gasteiger partial charge in [0.1, 0.15) is 23.8 Å². The Balaban J connectivity index is 1.21. The minimum absolute atomic E-state index is 0.308. The third-order valence-corrected chi connectivity index (χ3v) is 8.74. The van der Waals surface area contributed by atoms with E-state index in [-0.39, 0.29) is 0 Å². The Bertz CT molecular complexity index is 1340. The lowest BCUT2D eigenvalue weighted by molar-refractivity contribution is 0.300. The van der Waals surface area contributed by atoms with Crippen molar-refractivity contribution in [2.24, 2.45) is 5.92 Å². The highest BCUT2D eigenvalue weighted by Gasteiger charge is 2.42. The van der Waals surface area contributed by atoms with E-state index in [1.807, 2.05) is 18.2 Å². The molecule has 0 saturated heterocycles. The number of hydrogen-bond donors (Lipinski definition) is 0. The van der Waals surface area contributed by atoms with E-state index >= 15 is 0 Å². The maximum absolute atomic E-state index is 6.73. The van der Waals surface area contributed by atoms with E-state index < -0.39 is 0 Å².